The SMILES string of the molecule is CCNCc1cccc(F)c1OCCN1CCNC1=O. The molecule has 0 spiro atoms. The Hall–Kier alpha value is -1.82. The molecule has 2 rings (SSSR count). The molecule has 0 aliphatic carbocycles. The average Bonchev–Trinajstić information content (AvgIpc) is 2.84. The van der Waals surface area contributed by atoms with E-state index < -0.39 is 0 Å². The highest BCUT2D eigenvalue weighted by atomic mass is 19.1. The van der Waals surface area contributed by atoms with E-state index in [1.165, 1.54) is 6.07 Å². The zero-order chi connectivity index (χ0) is 14.4. The predicted octanol–water partition coefficient (Wildman–Crippen LogP) is 1.34. The lowest BCUT2D eigenvalue weighted by Crippen LogP contribution is -2.32. The Morgan fingerprint density at radius 2 is 2.35 bits per heavy atom. The fourth-order valence-electron chi connectivity index (χ4n) is 2.10. The summed E-state index contributed by atoms with van der Waals surface area (Å²) < 4.78 is 19.3. The number of carbonyl (C=O) groups excluding carboxylic acids is 1. The molecule has 1 aromatic carbocycles. The maximum Gasteiger partial charge on any atom is 0.317 e. The number of para-hydroxylation sites is 1. The van der Waals surface area contributed by atoms with E-state index in [9.17, 15) is 9.18 Å². The van der Waals surface area contributed by atoms with Gasteiger partial charge in [-0.05, 0) is 12.6 Å². The average molecular weight is 281 g/mol. The van der Waals surface area contributed by atoms with Gasteiger partial charge in [-0.15, -0.1) is 0 Å². The molecule has 1 fully saturated rings. The van der Waals surface area contributed by atoms with Crippen molar-refractivity contribution in [3.05, 3.63) is 29.6 Å². The second kappa shape index (κ2) is 7.09. The number of hydrogen-bond donors (Lipinski definition) is 2. The van der Waals surface area contributed by atoms with Crippen LogP contribution in [0.3, 0.4) is 0 Å². The first kappa shape index (κ1) is 14.6. The number of carbonyl (C=O) groups is 1. The van der Waals surface area contributed by atoms with Gasteiger partial charge >= 0.3 is 6.03 Å². The van der Waals surface area contributed by atoms with Gasteiger partial charge in [-0.25, -0.2) is 9.18 Å². The molecule has 0 unspecified atom stereocenters. The quantitative estimate of drug-likeness (QED) is 0.793. The van der Waals surface area contributed by atoms with E-state index >= 15 is 0 Å². The highest BCUT2D eigenvalue weighted by Crippen LogP contribution is 2.22. The molecular weight excluding hydrogens is 261 g/mol. The summed E-state index contributed by atoms with van der Waals surface area (Å²) in [6, 6.07) is 4.80. The molecule has 0 atom stereocenters. The largest absolute Gasteiger partial charge is 0.488 e. The minimum atomic E-state index is -0.369. The number of ether oxygens (including phenoxy) is 1. The topological polar surface area (TPSA) is 53.6 Å². The van der Waals surface area contributed by atoms with Crippen LogP contribution >= 0.6 is 0 Å². The summed E-state index contributed by atoms with van der Waals surface area (Å²) in [5.74, 6) is -0.0978. The number of nitrogens with one attached hydrogen (secondary N) is 2. The summed E-state index contributed by atoms with van der Waals surface area (Å²) >= 11 is 0. The molecular formula is C14H20FN3O2. The molecule has 6 heteroatoms. The van der Waals surface area contributed by atoms with Gasteiger partial charge in [-0.2, -0.15) is 0 Å². The Kier molecular flexibility index (Phi) is 5.17. The van der Waals surface area contributed by atoms with Gasteiger partial charge in [0.1, 0.15) is 6.61 Å². The Bertz CT molecular complexity index is 468. The number of nitrogens with zero attached hydrogens (tertiary/aromatic N) is 1. The van der Waals surface area contributed by atoms with Crippen LogP contribution in [0.5, 0.6) is 5.75 Å². The van der Waals surface area contributed by atoms with Crippen molar-refractivity contribution in [1.29, 1.82) is 0 Å². The van der Waals surface area contributed by atoms with Crippen LogP contribution in [0.2, 0.25) is 0 Å². The van der Waals surface area contributed by atoms with Gasteiger partial charge in [0, 0.05) is 25.2 Å². The fraction of sp³-hybridized carbons (Fsp3) is 0.500. The van der Waals surface area contributed by atoms with Gasteiger partial charge in [0.2, 0.25) is 0 Å². The van der Waals surface area contributed by atoms with E-state index in [0.717, 1.165) is 12.1 Å². The molecule has 20 heavy (non-hydrogen) atoms. The van der Waals surface area contributed by atoms with Crippen LogP contribution in [0.1, 0.15) is 12.5 Å². The molecule has 2 amide bonds. The summed E-state index contributed by atoms with van der Waals surface area (Å²) in [6.07, 6.45) is 0. The summed E-state index contributed by atoms with van der Waals surface area (Å²) in [5.41, 5.74) is 0.790. The van der Waals surface area contributed by atoms with Gasteiger partial charge in [0.05, 0.1) is 6.54 Å². The predicted molar refractivity (Wildman–Crippen MR) is 74.2 cm³/mol. The fourth-order valence-corrected chi connectivity index (χ4v) is 2.10. The second-order valence-corrected chi connectivity index (χ2v) is 4.58. The Balaban J connectivity index is 1.92. The van der Waals surface area contributed by atoms with E-state index in [-0.39, 0.29) is 24.2 Å². The van der Waals surface area contributed by atoms with Crippen molar-refractivity contribution in [3.8, 4) is 5.75 Å². The Morgan fingerprint density at radius 3 is 3.05 bits per heavy atom. The summed E-state index contributed by atoms with van der Waals surface area (Å²) in [7, 11) is 0. The normalized spacial score (nSPS) is 14.5. The highest BCUT2D eigenvalue weighted by molar-refractivity contribution is 5.76. The van der Waals surface area contributed by atoms with Crippen LogP contribution in [-0.4, -0.2) is 43.7 Å². The van der Waals surface area contributed by atoms with Crippen molar-refractivity contribution in [2.45, 2.75) is 13.5 Å². The monoisotopic (exact) mass is 281 g/mol. The summed E-state index contributed by atoms with van der Waals surface area (Å²) in [6.45, 7) is 5.44. The Morgan fingerprint density at radius 1 is 1.50 bits per heavy atom. The van der Waals surface area contributed by atoms with Gasteiger partial charge < -0.3 is 20.3 Å². The van der Waals surface area contributed by atoms with Crippen LogP contribution in [0, 0.1) is 5.82 Å². The maximum atomic E-state index is 13.8. The first-order valence-electron chi connectivity index (χ1n) is 6.86. The van der Waals surface area contributed by atoms with Gasteiger partial charge in [-0.1, -0.05) is 19.1 Å². The highest BCUT2D eigenvalue weighted by Gasteiger charge is 2.19. The van der Waals surface area contributed by atoms with E-state index in [2.05, 4.69) is 10.6 Å². The van der Waals surface area contributed by atoms with Crippen LogP contribution in [0.4, 0.5) is 9.18 Å². The Labute approximate surface area is 118 Å². The van der Waals surface area contributed by atoms with Crippen LogP contribution in [-0.2, 0) is 6.54 Å². The zero-order valence-electron chi connectivity index (χ0n) is 11.6. The van der Waals surface area contributed by atoms with Crippen LogP contribution in [0.15, 0.2) is 18.2 Å². The van der Waals surface area contributed by atoms with E-state index in [0.29, 0.717) is 26.2 Å². The number of amides is 2. The second-order valence-electron chi connectivity index (χ2n) is 4.58. The summed E-state index contributed by atoms with van der Waals surface area (Å²) in [5, 5.41) is 5.87. The van der Waals surface area contributed by atoms with Crippen molar-refractivity contribution in [2.75, 3.05) is 32.8 Å². The van der Waals surface area contributed by atoms with E-state index in [1.54, 1.807) is 11.0 Å². The third-order valence-electron chi connectivity index (χ3n) is 3.17. The van der Waals surface area contributed by atoms with Crippen LogP contribution in [0.25, 0.3) is 0 Å². The minimum absolute atomic E-state index is 0.0880. The van der Waals surface area contributed by atoms with Crippen molar-refractivity contribution >= 4 is 6.03 Å². The van der Waals surface area contributed by atoms with Crippen LogP contribution < -0.4 is 15.4 Å². The molecule has 1 saturated heterocycles. The molecule has 0 radical (unpaired) electrons. The lowest BCUT2D eigenvalue weighted by atomic mass is 10.2. The number of hydrogen-bond acceptors (Lipinski definition) is 3. The third kappa shape index (κ3) is 3.60. The number of urea groups is 1. The lowest BCUT2D eigenvalue weighted by molar-refractivity contribution is 0.200. The summed E-state index contributed by atoms with van der Waals surface area (Å²) in [4.78, 5) is 13.0. The van der Waals surface area contributed by atoms with E-state index in [4.69, 9.17) is 4.74 Å². The first-order chi connectivity index (χ1) is 9.72. The van der Waals surface area contributed by atoms with Gasteiger partial charge in [0.25, 0.3) is 0 Å². The molecule has 0 saturated carbocycles. The molecule has 110 valence electrons. The van der Waals surface area contributed by atoms with Crippen molar-refractivity contribution < 1.29 is 13.9 Å². The smallest absolute Gasteiger partial charge is 0.317 e. The lowest BCUT2D eigenvalue weighted by Gasteiger charge is -2.16. The number of benzene rings is 1. The molecule has 1 heterocycles. The minimum Gasteiger partial charge on any atom is -0.488 e. The van der Waals surface area contributed by atoms with Gasteiger partial charge in [0.15, 0.2) is 11.6 Å². The molecule has 2 N–H and O–H groups in total. The van der Waals surface area contributed by atoms with Crippen molar-refractivity contribution in [3.63, 3.8) is 0 Å². The van der Waals surface area contributed by atoms with Crippen molar-refractivity contribution in [2.24, 2.45) is 0 Å². The molecule has 1 aliphatic rings. The van der Waals surface area contributed by atoms with Gasteiger partial charge in [-0.3, -0.25) is 0 Å². The third-order valence-corrected chi connectivity index (χ3v) is 3.17. The molecule has 0 aromatic heterocycles. The van der Waals surface area contributed by atoms with Crippen molar-refractivity contribution in [1.82, 2.24) is 15.5 Å². The molecule has 1 aromatic rings. The zero-order valence-corrected chi connectivity index (χ0v) is 11.6. The molecule has 5 nitrogen and oxygen atoms in total. The number of halogens is 1. The maximum absolute atomic E-state index is 13.8. The molecule has 0 bridgehead atoms. The van der Waals surface area contributed by atoms with E-state index in [1.807, 2.05) is 13.0 Å². The standard InChI is InChI=1S/C14H20FN3O2/c1-2-16-10-11-4-3-5-12(15)13(11)20-9-8-18-7-6-17-14(18)19/h3-5,16H,2,6-10H2,1H3,(H,17,19). The first-order valence-corrected chi connectivity index (χ1v) is 6.86. The molecule has 1 aliphatic heterocycles. The number of rotatable bonds is 7.